The molecule has 0 radical (unpaired) electrons. The second-order valence-electron chi connectivity index (χ2n) is 26.8. The van der Waals surface area contributed by atoms with Crippen molar-refractivity contribution in [1.29, 1.82) is 0 Å². The summed E-state index contributed by atoms with van der Waals surface area (Å²) in [4.78, 5) is 119. The number of nitrogens with one attached hydrogen (secondary N) is 3. The van der Waals surface area contributed by atoms with Crippen molar-refractivity contribution in [1.82, 2.24) is 40.4 Å². The van der Waals surface area contributed by atoms with E-state index in [0.29, 0.717) is 97.7 Å². The van der Waals surface area contributed by atoms with E-state index in [1.165, 1.54) is 5.56 Å². The lowest BCUT2D eigenvalue weighted by molar-refractivity contribution is -0.192. The Bertz CT molecular complexity index is 2120. The largest absolute Gasteiger partial charge is 0.460 e. The molecule has 0 bridgehead atoms. The summed E-state index contributed by atoms with van der Waals surface area (Å²) < 4.78 is 22.5. The van der Waals surface area contributed by atoms with E-state index < -0.39 is 22.4 Å². The summed E-state index contributed by atoms with van der Waals surface area (Å²) in [6.45, 7) is 37.3. The number of unbranched alkanes of at least 4 members (excludes halogenated alkanes) is 2. The number of benzene rings is 1. The van der Waals surface area contributed by atoms with E-state index in [1.807, 2.05) is 115 Å². The molecule has 1 saturated heterocycles. The first kappa shape index (κ1) is 75.5. The molecule has 1 fully saturated rings. The Labute approximate surface area is 497 Å². The van der Waals surface area contributed by atoms with Crippen molar-refractivity contribution in [3.05, 3.63) is 35.4 Å². The Morgan fingerprint density at radius 2 is 0.928 bits per heavy atom. The first-order valence-electron chi connectivity index (χ1n) is 29.8. The number of esters is 4. The molecule has 21 heteroatoms. The minimum absolute atomic E-state index is 0.0280. The predicted molar refractivity (Wildman–Crippen MR) is 320 cm³/mol. The minimum atomic E-state index is -0.673. The number of nitrogens with zero attached hydrogens (tertiary/aromatic N) is 5. The SMILES string of the molecule is CCc1ccc(CN(CCCC[C@H](NC(=O)N[C@H](C)CCC(=O)OC(C)(C)C)C(C)(C)C)C(=O)CCCCNC(=O)CN2CCN(CC(=O)OC(C)(C)C)CCN(CC(=O)OC(C)(C)C)CCN(CC(=O)OC(C)(C)C)CC2)cc1.O=C=O. The molecule has 1 aliphatic rings. The third-order valence-electron chi connectivity index (χ3n) is 13.0. The first-order valence-corrected chi connectivity index (χ1v) is 29.8. The highest BCUT2D eigenvalue weighted by molar-refractivity contribution is 5.78. The van der Waals surface area contributed by atoms with Crippen LogP contribution in [0.2, 0.25) is 0 Å². The number of hydrogen-bond donors (Lipinski definition) is 3. The number of hydrogen-bond acceptors (Lipinski definition) is 17. The topological polar surface area (TPSA) is 243 Å². The van der Waals surface area contributed by atoms with E-state index >= 15 is 0 Å². The first-order chi connectivity index (χ1) is 38.4. The molecule has 0 spiro atoms. The molecule has 2 atom stereocenters. The number of carbonyl (C=O) groups is 7. The maximum absolute atomic E-state index is 14.0. The zero-order valence-corrected chi connectivity index (χ0v) is 54.0. The molecule has 4 amide bonds. The summed E-state index contributed by atoms with van der Waals surface area (Å²) in [6, 6.07) is 7.74. The van der Waals surface area contributed by atoms with Crippen LogP contribution in [0.4, 0.5) is 4.79 Å². The average molecular weight is 1170 g/mol. The van der Waals surface area contributed by atoms with E-state index in [4.69, 9.17) is 28.5 Å². The molecule has 1 aromatic rings. The van der Waals surface area contributed by atoms with Crippen molar-refractivity contribution in [2.75, 3.05) is 91.6 Å². The minimum Gasteiger partial charge on any atom is -0.460 e. The van der Waals surface area contributed by atoms with Crippen molar-refractivity contribution in [2.45, 2.75) is 217 Å². The van der Waals surface area contributed by atoms with Gasteiger partial charge in [-0.25, -0.2) is 4.79 Å². The van der Waals surface area contributed by atoms with Gasteiger partial charge >= 0.3 is 36.1 Å². The summed E-state index contributed by atoms with van der Waals surface area (Å²) in [5, 5.41) is 9.22. The second kappa shape index (κ2) is 37.1. The number of aryl methyl sites for hydroxylation is 1. The lowest BCUT2D eigenvalue weighted by atomic mass is 9.83. The van der Waals surface area contributed by atoms with Gasteiger partial charge in [0.2, 0.25) is 11.8 Å². The smallest absolute Gasteiger partial charge is 0.373 e. The maximum atomic E-state index is 14.0. The molecule has 83 heavy (non-hydrogen) atoms. The predicted octanol–water partition coefficient (Wildman–Crippen LogP) is 6.92. The molecule has 2 rings (SSSR count). The van der Waals surface area contributed by atoms with Gasteiger partial charge in [-0.3, -0.25) is 48.4 Å². The Hall–Kier alpha value is -5.47. The van der Waals surface area contributed by atoms with Gasteiger partial charge in [-0.1, -0.05) is 52.0 Å². The van der Waals surface area contributed by atoms with E-state index in [2.05, 4.69) is 67.9 Å². The van der Waals surface area contributed by atoms with Crippen LogP contribution in [0.1, 0.15) is 180 Å². The van der Waals surface area contributed by atoms with Gasteiger partial charge in [-0.15, -0.1) is 0 Å². The molecule has 3 N–H and O–H groups in total. The third kappa shape index (κ3) is 38.9. The standard InChI is InChI=1S/C61H108N8O11.CO2/c1-18-47-26-28-48(29-27-47)41-69(32-22-20-23-49(57(3,4)5)64-56(76)63-46(2)25-30-52(72)77-58(6,7)8)51(71)24-19-21-31-62-50(70)42-65-33-35-66(43-53(73)78-59(9,10)11)37-39-68(45-55(75)80-61(15,16)17)40-38-67(36-34-65)44-54(74)79-60(12,13)14;2-1-3/h26-29,46,49H,18-25,30-45H2,1-17H3,(H,62,70)(H2,63,64,76);/t46-,49+;/m1./s1. The van der Waals surface area contributed by atoms with Crippen molar-refractivity contribution >= 4 is 47.9 Å². The molecule has 1 heterocycles. The van der Waals surface area contributed by atoms with Crippen LogP contribution in [0.5, 0.6) is 0 Å². The molecule has 1 aromatic carbocycles. The molecule has 0 saturated carbocycles. The van der Waals surface area contributed by atoms with Gasteiger partial charge in [-0.2, -0.15) is 9.59 Å². The normalized spacial score (nSPS) is 15.5. The molecular weight excluding hydrogens is 1060 g/mol. The van der Waals surface area contributed by atoms with Crippen LogP contribution >= 0.6 is 0 Å². The maximum Gasteiger partial charge on any atom is 0.373 e. The number of amides is 4. The fourth-order valence-corrected chi connectivity index (χ4v) is 8.91. The van der Waals surface area contributed by atoms with Crippen LogP contribution in [0.15, 0.2) is 24.3 Å². The lowest BCUT2D eigenvalue weighted by Crippen LogP contribution is -2.50. The summed E-state index contributed by atoms with van der Waals surface area (Å²) >= 11 is 0. The highest BCUT2D eigenvalue weighted by Crippen LogP contribution is 2.24. The third-order valence-corrected chi connectivity index (χ3v) is 13.0. The Balaban J connectivity index is 0.0000112. The van der Waals surface area contributed by atoms with E-state index in [0.717, 1.165) is 31.2 Å². The van der Waals surface area contributed by atoms with Gasteiger partial charge in [0.25, 0.3) is 0 Å². The molecule has 0 unspecified atom stereocenters. The number of ether oxygens (including phenoxy) is 4. The van der Waals surface area contributed by atoms with E-state index in [-0.39, 0.29) is 98.0 Å². The zero-order valence-electron chi connectivity index (χ0n) is 54.0. The van der Waals surface area contributed by atoms with E-state index in [1.54, 1.807) is 0 Å². The quantitative estimate of drug-likeness (QED) is 0.0484. The average Bonchev–Trinajstić information content (AvgIpc) is 3.32. The number of carbonyl (C=O) groups excluding carboxylic acids is 9. The Morgan fingerprint density at radius 1 is 0.530 bits per heavy atom. The van der Waals surface area contributed by atoms with Crippen LogP contribution in [0.3, 0.4) is 0 Å². The molecule has 1 aliphatic heterocycles. The summed E-state index contributed by atoms with van der Waals surface area (Å²) in [7, 11) is 0. The van der Waals surface area contributed by atoms with Crippen LogP contribution in [-0.2, 0) is 70.3 Å². The molecule has 0 aliphatic carbocycles. The zero-order chi connectivity index (χ0) is 63.2. The second-order valence-corrected chi connectivity index (χ2v) is 26.8. The summed E-state index contributed by atoms with van der Waals surface area (Å²) in [5.74, 6) is -1.53. The molecular formula is C62H108N8O13. The highest BCUT2D eigenvalue weighted by Gasteiger charge is 2.29. The van der Waals surface area contributed by atoms with Crippen LogP contribution in [-0.4, -0.2) is 198 Å². The Morgan fingerprint density at radius 3 is 1.33 bits per heavy atom. The van der Waals surface area contributed by atoms with Gasteiger partial charge < -0.3 is 39.8 Å². The van der Waals surface area contributed by atoms with Gasteiger partial charge in [0.05, 0.1) is 26.2 Å². The van der Waals surface area contributed by atoms with Gasteiger partial charge in [0, 0.05) is 96.9 Å². The fourth-order valence-electron chi connectivity index (χ4n) is 8.91. The van der Waals surface area contributed by atoms with Crippen LogP contribution < -0.4 is 16.0 Å². The monoisotopic (exact) mass is 1170 g/mol. The van der Waals surface area contributed by atoms with Gasteiger partial charge in [0.15, 0.2) is 0 Å². The summed E-state index contributed by atoms with van der Waals surface area (Å²) in [6.07, 6.45) is 5.61. The highest BCUT2D eigenvalue weighted by atomic mass is 16.6. The van der Waals surface area contributed by atoms with Crippen LogP contribution in [0, 0.1) is 5.41 Å². The molecule has 474 valence electrons. The number of urea groups is 1. The van der Waals surface area contributed by atoms with Crippen molar-refractivity contribution in [3.63, 3.8) is 0 Å². The lowest BCUT2D eigenvalue weighted by Gasteiger charge is -2.34. The van der Waals surface area contributed by atoms with Gasteiger partial charge in [-0.05, 0) is 151 Å². The van der Waals surface area contributed by atoms with Crippen molar-refractivity contribution in [3.8, 4) is 0 Å². The summed E-state index contributed by atoms with van der Waals surface area (Å²) in [5.41, 5.74) is -0.516. The number of rotatable bonds is 26. The van der Waals surface area contributed by atoms with Crippen molar-refractivity contribution < 1.29 is 62.1 Å². The fraction of sp³-hybridized carbons (Fsp3) is 0.774. The van der Waals surface area contributed by atoms with Gasteiger partial charge in [0.1, 0.15) is 22.4 Å². The Kier molecular flexibility index (Phi) is 33.7. The molecule has 0 aromatic heterocycles. The van der Waals surface area contributed by atoms with Crippen molar-refractivity contribution in [2.24, 2.45) is 5.41 Å². The van der Waals surface area contributed by atoms with Crippen LogP contribution in [0.25, 0.3) is 0 Å². The molecule has 21 nitrogen and oxygen atoms in total. The van der Waals surface area contributed by atoms with E-state index in [9.17, 15) is 33.6 Å².